The average molecular weight is 284 g/mol. The third-order valence-electron chi connectivity index (χ3n) is 3.59. The van der Waals surface area contributed by atoms with Gasteiger partial charge in [-0.05, 0) is 11.8 Å². The van der Waals surface area contributed by atoms with E-state index in [1.165, 1.54) is 23.5 Å². The first-order chi connectivity index (χ1) is 9.13. The van der Waals surface area contributed by atoms with Crippen LogP contribution in [0.4, 0.5) is 0 Å². The Kier molecular flexibility index (Phi) is 7.57. The third kappa shape index (κ3) is 4.86. The van der Waals surface area contributed by atoms with E-state index in [9.17, 15) is 0 Å². The summed E-state index contributed by atoms with van der Waals surface area (Å²) in [6.07, 6.45) is 2.36. The number of aromatic nitrogens is 1. The quantitative estimate of drug-likeness (QED) is 0.696. The zero-order chi connectivity index (χ0) is 14.3. The van der Waals surface area contributed by atoms with Gasteiger partial charge in [0.05, 0.1) is 18.3 Å². The van der Waals surface area contributed by atoms with Crippen molar-refractivity contribution in [2.45, 2.75) is 52.5 Å². The minimum Gasteiger partial charge on any atom is -0.383 e. The summed E-state index contributed by atoms with van der Waals surface area (Å²) >= 11 is 1.79. The van der Waals surface area contributed by atoms with Crippen LogP contribution in [0.2, 0.25) is 0 Å². The lowest BCUT2D eigenvalue weighted by atomic mass is 9.94. The predicted octanol–water partition coefficient (Wildman–Crippen LogP) is 3.98. The Morgan fingerprint density at radius 1 is 1.32 bits per heavy atom. The van der Waals surface area contributed by atoms with Gasteiger partial charge >= 0.3 is 0 Å². The number of nitrogens with one attached hydrogen (secondary N) is 1. The fourth-order valence-electron chi connectivity index (χ4n) is 2.24. The van der Waals surface area contributed by atoms with Crippen molar-refractivity contribution >= 4 is 11.3 Å². The molecular weight excluding hydrogens is 256 g/mol. The van der Waals surface area contributed by atoms with Crippen molar-refractivity contribution in [3.05, 3.63) is 16.1 Å². The van der Waals surface area contributed by atoms with E-state index in [2.05, 4.69) is 38.4 Å². The summed E-state index contributed by atoms with van der Waals surface area (Å²) in [5.41, 5.74) is 1.21. The SMILES string of the molecule is CCC(CC)C(NCCOC)c1nc(C(C)C)cs1. The zero-order valence-corrected chi connectivity index (χ0v) is 13.7. The van der Waals surface area contributed by atoms with Gasteiger partial charge < -0.3 is 10.1 Å². The molecular formula is C15H28N2OS. The van der Waals surface area contributed by atoms with Crippen LogP contribution in [-0.4, -0.2) is 25.2 Å². The Hall–Kier alpha value is -0.450. The number of thiazole rings is 1. The molecule has 0 saturated heterocycles. The number of ether oxygens (including phenoxy) is 1. The van der Waals surface area contributed by atoms with Gasteiger partial charge in [-0.2, -0.15) is 0 Å². The molecule has 1 aromatic rings. The number of rotatable bonds is 9. The molecule has 3 nitrogen and oxygen atoms in total. The fraction of sp³-hybridized carbons (Fsp3) is 0.800. The number of hydrogen-bond donors (Lipinski definition) is 1. The summed E-state index contributed by atoms with van der Waals surface area (Å²) < 4.78 is 5.14. The summed E-state index contributed by atoms with van der Waals surface area (Å²) in [6.45, 7) is 10.5. The summed E-state index contributed by atoms with van der Waals surface area (Å²) in [5, 5.41) is 7.05. The first-order valence-electron chi connectivity index (χ1n) is 7.31. The minimum atomic E-state index is 0.364. The van der Waals surface area contributed by atoms with Crippen LogP contribution in [0.25, 0.3) is 0 Å². The molecule has 0 aromatic carbocycles. The highest BCUT2D eigenvalue weighted by Gasteiger charge is 2.23. The van der Waals surface area contributed by atoms with Crippen molar-refractivity contribution in [2.75, 3.05) is 20.3 Å². The highest BCUT2D eigenvalue weighted by Crippen LogP contribution is 2.31. The minimum absolute atomic E-state index is 0.364. The molecule has 1 aromatic heterocycles. The van der Waals surface area contributed by atoms with Crippen LogP contribution in [0, 0.1) is 5.92 Å². The molecule has 0 saturated carbocycles. The van der Waals surface area contributed by atoms with Crippen LogP contribution >= 0.6 is 11.3 Å². The van der Waals surface area contributed by atoms with E-state index in [-0.39, 0.29) is 0 Å². The molecule has 4 heteroatoms. The Bertz CT molecular complexity index is 348. The van der Waals surface area contributed by atoms with Crippen LogP contribution in [0.1, 0.15) is 63.2 Å². The molecule has 0 radical (unpaired) electrons. The largest absolute Gasteiger partial charge is 0.383 e. The summed E-state index contributed by atoms with van der Waals surface area (Å²) in [4.78, 5) is 4.82. The van der Waals surface area contributed by atoms with E-state index in [1.807, 2.05) is 0 Å². The van der Waals surface area contributed by atoms with Crippen molar-refractivity contribution < 1.29 is 4.74 Å². The highest BCUT2D eigenvalue weighted by atomic mass is 32.1. The van der Waals surface area contributed by atoms with Gasteiger partial charge in [-0.15, -0.1) is 11.3 Å². The van der Waals surface area contributed by atoms with Crippen molar-refractivity contribution in [1.29, 1.82) is 0 Å². The van der Waals surface area contributed by atoms with Gasteiger partial charge in [0, 0.05) is 19.0 Å². The van der Waals surface area contributed by atoms with Crippen LogP contribution in [0.5, 0.6) is 0 Å². The van der Waals surface area contributed by atoms with Gasteiger partial charge in [0.2, 0.25) is 0 Å². The van der Waals surface area contributed by atoms with Gasteiger partial charge in [0.1, 0.15) is 5.01 Å². The summed E-state index contributed by atoms with van der Waals surface area (Å²) in [6, 6.07) is 0.364. The van der Waals surface area contributed by atoms with Crippen LogP contribution in [0.15, 0.2) is 5.38 Å². The highest BCUT2D eigenvalue weighted by molar-refractivity contribution is 7.09. The molecule has 0 aliphatic heterocycles. The summed E-state index contributed by atoms with van der Waals surface area (Å²) in [7, 11) is 1.74. The number of hydrogen-bond acceptors (Lipinski definition) is 4. The second kappa shape index (κ2) is 8.67. The molecule has 1 atom stereocenters. The molecule has 1 rings (SSSR count). The molecule has 1 heterocycles. The molecule has 19 heavy (non-hydrogen) atoms. The standard InChI is InChI=1S/C15H28N2OS/c1-6-12(7-2)14(16-8-9-18-5)15-17-13(10-19-15)11(3)4/h10-12,14,16H,6-9H2,1-5H3. The molecule has 1 N–H and O–H groups in total. The Morgan fingerprint density at radius 2 is 2.00 bits per heavy atom. The predicted molar refractivity (Wildman–Crippen MR) is 82.9 cm³/mol. The molecule has 0 spiro atoms. The molecule has 0 fully saturated rings. The molecule has 0 aliphatic rings. The Morgan fingerprint density at radius 3 is 2.47 bits per heavy atom. The van der Waals surface area contributed by atoms with E-state index >= 15 is 0 Å². The molecule has 0 amide bonds. The lowest BCUT2D eigenvalue weighted by molar-refractivity contribution is 0.189. The molecule has 0 aliphatic carbocycles. The van der Waals surface area contributed by atoms with E-state index in [0.717, 1.165) is 13.2 Å². The second-order valence-electron chi connectivity index (χ2n) is 5.27. The number of nitrogens with zero attached hydrogens (tertiary/aromatic N) is 1. The van der Waals surface area contributed by atoms with E-state index < -0.39 is 0 Å². The maximum absolute atomic E-state index is 5.14. The maximum Gasteiger partial charge on any atom is 0.110 e. The van der Waals surface area contributed by atoms with Crippen LogP contribution in [0.3, 0.4) is 0 Å². The van der Waals surface area contributed by atoms with Crippen LogP contribution < -0.4 is 5.32 Å². The summed E-state index contributed by atoms with van der Waals surface area (Å²) in [5.74, 6) is 1.15. The first-order valence-corrected chi connectivity index (χ1v) is 8.19. The first kappa shape index (κ1) is 16.6. The van der Waals surface area contributed by atoms with Crippen LogP contribution in [-0.2, 0) is 4.74 Å². The van der Waals surface area contributed by atoms with E-state index in [1.54, 1.807) is 18.4 Å². The fourth-order valence-corrected chi connectivity index (χ4v) is 3.39. The molecule has 0 bridgehead atoms. The average Bonchev–Trinajstić information content (AvgIpc) is 2.88. The Balaban J connectivity index is 2.80. The number of methoxy groups -OCH3 is 1. The lowest BCUT2D eigenvalue weighted by Crippen LogP contribution is -2.30. The maximum atomic E-state index is 5.14. The van der Waals surface area contributed by atoms with Gasteiger partial charge in [-0.25, -0.2) is 4.98 Å². The van der Waals surface area contributed by atoms with Gasteiger partial charge in [0.25, 0.3) is 0 Å². The third-order valence-corrected chi connectivity index (χ3v) is 4.53. The van der Waals surface area contributed by atoms with Crippen molar-refractivity contribution in [1.82, 2.24) is 10.3 Å². The topological polar surface area (TPSA) is 34.1 Å². The molecule has 110 valence electrons. The lowest BCUT2D eigenvalue weighted by Gasteiger charge is -2.24. The van der Waals surface area contributed by atoms with Gasteiger partial charge in [-0.3, -0.25) is 0 Å². The smallest absolute Gasteiger partial charge is 0.110 e. The normalized spacial score (nSPS) is 13.4. The van der Waals surface area contributed by atoms with Gasteiger partial charge in [0.15, 0.2) is 0 Å². The van der Waals surface area contributed by atoms with E-state index in [4.69, 9.17) is 9.72 Å². The molecule has 1 unspecified atom stereocenters. The van der Waals surface area contributed by atoms with Gasteiger partial charge in [-0.1, -0.05) is 40.5 Å². The van der Waals surface area contributed by atoms with Crippen molar-refractivity contribution in [3.63, 3.8) is 0 Å². The zero-order valence-electron chi connectivity index (χ0n) is 12.9. The van der Waals surface area contributed by atoms with Crippen molar-refractivity contribution in [3.8, 4) is 0 Å². The van der Waals surface area contributed by atoms with E-state index in [0.29, 0.717) is 17.9 Å². The second-order valence-corrected chi connectivity index (χ2v) is 6.16. The van der Waals surface area contributed by atoms with Crippen molar-refractivity contribution in [2.24, 2.45) is 5.92 Å². The Labute approximate surface area is 121 Å². The monoisotopic (exact) mass is 284 g/mol.